The number of carboxylic acid groups (broad SMARTS) is 1. The molecule has 0 aromatic heterocycles. The molecule has 1 saturated heterocycles. The first kappa shape index (κ1) is 18.5. The first-order valence-electron chi connectivity index (χ1n) is 9.31. The number of phenolic OH excluding ortho intramolecular Hbond substituents is 1. The molecule has 1 fully saturated rings. The minimum absolute atomic E-state index is 0.311. The van der Waals surface area contributed by atoms with Crippen molar-refractivity contribution in [2.45, 2.75) is 25.7 Å². The summed E-state index contributed by atoms with van der Waals surface area (Å²) in [7, 11) is 0. The lowest BCUT2D eigenvalue weighted by molar-refractivity contribution is -0.142. The molecule has 0 aliphatic carbocycles. The van der Waals surface area contributed by atoms with Gasteiger partial charge in [-0.2, -0.15) is 0 Å². The molecule has 138 valence electrons. The number of aliphatic carboxylic acids is 1. The average molecular weight is 353 g/mol. The van der Waals surface area contributed by atoms with E-state index >= 15 is 0 Å². The number of likely N-dealkylation sites (tertiary alicyclic amines) is 1. The second-order valence-corrected chi connectivity index (χ2v) is 7.45. The van der Waals surface area contributed by atoms with Gasteiger partial charge in [-0.3, -0.25) is 4.79 Å². The van der Waals surface area contributed by atoms with Crippen LogP contribution in [0.15, 0.2) is 54.6 Å². The Hall–Kier alpha value is -2.33. The number of phenols is 1. The molecule has 0 radical (unpaired) electrons. The van der Waals surface area contributed by atoms with Crippen LogP contribution in [-0.4, -0.2) is 40.7 Å². The standard InChI is InChI=1S/C22H27NO3/c1-16-14-23(11-10-21(16)18-8-5-9-20(24)13-18)15-19(22(25)26)12-17-6-3-2-4-7-17/h2-9,13,16,19,21,24H,10-12,14-15H2,1H3,(H,25,26)/t16-,19-,21?/m0/s1. The Bertz CT molecular complexity index is 731. The summed E-state index contributed by atoms with van der Waals surface area (Å²) in [6.45, 7) is 4.58. The third-order valence-electron chi connectivity index (χ3n) is 5.44. The van der Waals surface area contributed by atoms with Crippen molar-refractivity contribution in [3.63, 3.8) is 0 Å². The van der Waals surface area contributed by atoms with Crippen LogP contribution >= 0.6 is 0 Å². The molecule has 1 aliphatic rings. The van der Waals surface area contributed by atoms with E-state index in [9.17, 15) is 15.0 Å². The summed E-state index contributed by atoms with van der Waals surface area (Å²) in [5, 5.41) is 19.4. The molecule has 0 spiro atoms. The smallest absolute Gasteiger partial charge is 0.308 e. The zero-order valence-corrected chi connectivity index (χ0v) is 15.2. The molecule has 1 unspecified atom stereocenters. The van der Waals surface area contributed by atoms with E-state index in [4.69, 9.17) is 0 Å². The maximum absolute atomic E-state index is 11.7. The van der Waals surface area contributed by atoms with Gasteiger partial charge in [0.05, 0.1) is 5.92 Å². The fourth-order valence-electron chi connectivity index (χ4n) is 4.09. The molecule has 3 atom stereocenters. The third-order valence-corrected chi connectivity index (χ3v) is 5.44. The summed E-state index contributed by atoms with van der Waals surface area (Å²) in [5.74, 6) is 0.0388. The first-order valence-corrected chi connectivity index (χ1v) is 9.31. The van der Waals surface area contributed by atoms with Gasteiger partial charge in [-0.1, -0.05) is 49.4 Å². The fraction of sp³-hybridized carbons (Fsp3) is 0.409. The van der Waals surface area contributed by atoms with Crippen LogP contribution in [0.1, 0.15) is 30.4 Å². The lowest BCUT2D eigenvalue weighted by Gasteiger charge is -2.38. The second kappa shape index (κ2) is 8.37. The highest BCUT2D eigenvalue weighted by Gasteiger charge is 2.30. The maximum atomic E-state index is 11.7. The van der Waals surface area contributed by atoms with E-state index in [1.807, 2.05) is 42.5 Å². The van der Waals surface area contributed by atoms with Gasteiger partial charge in [-0.15, -0.1) is 0 Å². The van der Waals surface area contributed by atoms with Crippen molar-refractivity contribution in [1.29, 1.82) is 0 Å². The average Bonchev–Trinajstić information content (AvgIpc) is 2.62. The van der Waals surface area contributed by atoms with Crippen LogP contribution < -0.4 is 0 Å². The van der Waals surface area contributed by atoms with Crippen LogP contribution in [0.4, 0.5) is 0 Å². The monoisotopic (exact) mass is 353 g/mol. The summed E-state index contributed by atoms with van der Waals surface area (Å²) in [6.07, 6.45) is 1.55. The van der Waals surface area contributed by atoms with Gasteiger partial charge in [0.2, 0.25) is 0 Å². The van der Waals surface area contributed by atoms with E-state index in [-0.39, 0.29) is 5.92 Å². The molecular formula is C22H27NO3. The van der Waals surface area contributed by atoms with Crippen LogP contribution in [-0.2, 0) is 11.2 Å². The zero-order chi connectivity index (χ0) is 18.5. The van der Waals surface area contributed by atoms with E-state index < -0.39 is 5.97 Å². The van der Waals surface area contributed by atoms with Crippen LogP contribution in [0.25, 0.3) is 0 Å². The predicted molar refractivity (Wildman–Crippen MR) is 102 cm³/mol. The van der Waals surface area contributed by atoms with Crippen LogP contribution in [0.2, 0.25) is 0 Å². The van der Waals surface area contributed by atoms with E-state index in [2.05, 4.69) is 17.9 Å². The predicted octanol–water partition coefficient (Wildman–Crippen LogP) is 3.76. The van der Waals surface area contributed by atoms with Gasteiger partial charge in [0.15, 0.2) is 0 Å². The van der Waals surface area contributed by atoms with E-state index in [1.54, 1.807) is 6.07 Å². The number of hydrogen-bond acceptors (Lipinski definition) is 3. The number of hydrogen-bond donors (Lipinski definition) is 2. The summed E-state index contributed by atoms with van der Waals surface area (Å²) in [4.78, 5) is 14.0. The molecule has 0 bridgehead atoms. The van der Waals surface area contributed by atoms with Crippen molar-refractivity contribution in [2.75, 3.05) is 19.6 Å². The van der Waals surface area contributed by atoms with Crippen LogP contribution in [0.5, 0.6) is 5.75 Å². The number of rotatable bonds is 6. The van der Waals surface area contributed by atoms with Crippen molar-refractivity contribution >= 4 is 5.97 Å². The van der Waals surface area contributed by atoms with Gasteiger partial charge in [0.25, 0.3) is 0 Å². The highest BCUT2D eigenvalue weighted by Crippen LogP contribution is 2.34. The second-order valence-electron chi connectivity index (χ2n) is 7.45. The molecule has 26 heavy (non-hydrogen) atoms. The van der Waals surface area contributed by atoms with Gasteiger partial charge in [0, 0.05) is 13.1 Å². The largest absolute Gasteiger partial charge is 0.508 e. The highest BCUT2D eigenvalue weighted by atomic mass is 16.4. The minimum Gasteiger partial charge on any atom is -0.508 e. The number of carboxylic acids is 1. The molecule has 3 rings (SSSR count). The van der Waals surface area contributed by atoms with Crippen molar-refractivity contribution in [3.8, 4) is 5.75 Å². The van der Waals surface area contributed by atoms with Crippen molar-refractivity contribution in [3.05, 3.63) is 65.7 Å². The molecule has 4 heteroatoms. The van der Waals surface area contributed by atoms with Gasteiger partial charge >= 0.3 is 5.97 Å². The normalized spacial score (nSPS) is 22.0. The SMILES string of the molecule is C[C@H]1CN(C[C@H](Cc2ccccc2)C(=O)O)CCC1c1cccc(O)c1. The number of nitrogens with zero attached hydrogens (tertiary/aromatic N) is 1. The van der Waals surface area contributed by atoms with Crippen molar-refractivity contribution in [2.24, 2.45) is 11.8 Å². The number of benzene rings is 2. The fourth-order valence-corrected chi connectivity index (χ4v) is 4.09. The molecule has 2 N–H and O–H groups in total. The van der Waals surface area contributed by atoms with Crippen LogP contribution in [0.3, 0.4) is 0 Å². The third kappa shape index (κ3) is 4.64. The quantitative estimate of drug-likeness (QED) is 0.830. The Morgan fingerprint density at radius 2 is 1.96 bits per heavy atom. The molecular weight excluding hydrogens is 326 g/mol. The lowest BCUT2D eigenvalue weighted by Crippen LogP contribution is -2.42. The molecule has 0 saturated carbocycles. The summed E-state index contributed by atoms with van der Waals surface area (Å²) in [5.41, 5.74) is 2.25. The lowest BCUT2D eigenvalue weighted by atomic mass is 9.81. The summed E-state index contributed by atoms with van der Waals surface area (Å²) < 4.78 is 0. The van der Waals surface area contributed by atoms with Gasteiger partial charge < -0.3 is 15.1 Å². The van der Waals surface area contributed by atoms with E-state index in [0.29, 0.717) is 30.6 Å². The van der Waals surface area contributed by atoms with Gasteiger partial charge in [-0.25, -0.2) is 0 Å². The Morgan fingerprint density at radius 1 is 1.19 bits per heavy atom. The van der Waals surface area contributed by atoms with E-state index in [0.717, 1.165) is 25.1 Å². The Labute approximate surface area is 155 Å². The number of aromatic hydroxyl groups is 1. The van der Waals surface area contributed by atoms with Crippen LogP contribution in [0, 0.1) is 11.8 Å². The first-order chi connectivity index (χ1) is 12.5. The topological polar surface area (TPSA) is 60.8 Å². The van der Waals surface area contributed by atoms with Gasteiger partial charge in [0.1, 0.15) is 5.75 Å². The molecule has 1 heterocycles. The molecule has 2 aromatic rings. The molecule has 1 aliphatic heterocycles. The number of piperidine rings is 1. The molecule has 0 amide bonds. The summed E-state index contributed by atoms with van der Waals surface area (Å²) >= 11 is 0. The van der Waals surface area contributed by atoms with Gasteiger partial charge in [-0.05, 0) is 54.5 Å². The Morgan fingerprint density at radius 3 is 2.62 bits per heavy atom. The highest BCUT2D eigenvalue weighted by molar-refractivity contribution is 5.70. The number of carbonyl (C=O) groups is 1. The minimum atomic E-state index is -0.725. The summed E-state index contributed by atoms with van der Waals surface area (Å²) in [6, 6.07) is 17.4. The van der Waals surface area contributed by atoms with Crippen molar-refractivity contribution < 1.29 is 15.0 Å². The molecule has 4 nitrogen and oxygen atoms in total. The molecule has 2 aromatic carbocycles. The Kier molecular flexibility index (Phi) is 5.94. The Balaban J connectivity index is 1.61. The van der Waals surface area contributed by atoms with E-state index in [1.165, 1.54) is 5.56 Å². The van der Waals surface area contributed by atoms with Crippen molar-refractivity contribution in [1.82, 2.24) is 4.90 Å². The maximum Gasteiger partial charge on any atom is 0.308 e. The zero-order valence-electron chi connectivity index (χ0n) is 15.2.